The predicted octanol–water partition coefficient (Wildman–Crippen LogP) is 2.75. The summed E-state index contributed by atoms with van der Waals surface area (Å²) < 4.78 is 86.5. The maximum Gasteiger partial charge on any atom is 0.574 e. The van der Waals surface area contributed by atoms with Gasteiger partial charge in [-0.3, -0.25) is 10.1 Å². The van der Waals surface area contributed by atoms with Crippen LogP contribution in [0.15, 0.2) is 11.1 Å². The molecule has 1 aromatic heterocycles. The summed E-state index contributed by atoms with van der Waals surface area (Å²) in [5.41, 5.74) is -3.11. The summed E-state index contributed by atoms with van der Waals surface area (Å²) in [6.45, 7) is 0. The van der Waals surface area contributed by atoms with Crippen molar-refractivity contribution in [3.05, 3.63) is 21.7 Å². The molecule has 0 aliphatic heterocycles. The van der Waals surface area contributed by atoms with Crippen molar-refractivity contribution < 1.29 is 40.0 Å². The maximum absolute atomic E-state index is 12.6. The molecule has 0 aliphatic carbocycles. The van der Waals surface area contributed by atoms with E-state index in [1.807, 2.05) is 0 Å². The smallest absolute Gasteiger partial charge is 0.387 e. The van der Waals surface area contributed by atoms with Gasteiger partial charge in [-0.15, -0.1) is 13.2 Å². The second-order valence-electron chi connectivity index (χ2n) is 3.25. The first-order valence-electron chi connectivity index (χ1n) is 4.51. The number of nitro groups is 1. The lowest BCUT2D eigenvalue weighted by Crippen LogP contribution is -2.20. The highest BCUT2D eigenvalue weighted by atomic mass is 35.7. The van der Waals surface area contributed by atoms with Crippen LogP contribution in [0.1, 0.15) is 12.0 Å². The number of pyridine rings is 1. The minimum absolute atomic E-state index is 0.103. The molecule has 14 heteroatoms. The molecular weight excluding hydrogens is 355 g/mol. The molecule has 0 bridgehead atoms. The molecule has 0 unspecified atom stereocenters. The van der Waals surface area contributed by atoms with Gasteiger partial charge in [0.1, 0.15) is 0 Å². The molecule has 0 fully saturated rings. The summed E-state index contributed by atoms with van der Waals surface area (Å²) in [5, 5.41) is 8.93. The molecule has 0 amide bonds. The Hall–Kier alpha value is -1.76. The predicted molar refractivity (Wildman–Crippen MR) is 55.6 cm³/mol. The van der Waals surface area contributed by atoms with Crippen molar-refractivity contribution in [3.8, 4) is 5.88 Å². The first-order valence-corrected chi connectivity index (χ1v) is 6.81. The number of nitrogens with zero attached hydrogens (tertiary/aromatic N) is 2. The normalized spacial score (nSPS) is 12.5. The molecule has 7 nitrogen and oxygen atoms in total. The first kappa shape index (κ1) is 17.3. The number of rotatable bonds is 4. The average Bonchev–Trinajstić information content (AvgIpc) is 2.24. The Bertz CT molecular complexity index is 677. The van der Waals surface area contributed by atoms with E-state index in [9.17, 15) is 40.5 Å². The highest BCUT2D eigenvalue weighted by Crippen LogP contribution is 2.37. The SMILES string of the molecule is O=[N+]([O-])c1cc(C(F)F)c(OC(F)(F)F)nc1S(=O)(=O)Cl. The lowest BCUT2D eigenvalue weighted by Gasteiger charge is -2.12. The van der Waals surface area contributed by atoms with Crippen LogP contribution >= 0.6 is 10.7 Å². The molecule has 0 aromatic carbocycles. The number of ether oxygens (including phenoxy) is 1. The van der Waals surface area contributed by atoms with Crippen molar-refractivity contribution in [2.75, 3.05) is 0 Å². The standard InChI is InChI=1S/C7H2ClF5N2O5S/c8-21(18,19)6-3(15(16)17)1-2(4(9)10)5(14-6)20-7(11,12)13/h1,4H. The van der Waals surface area contributed by atoms with Crippen LogP contribution in [0.3, 0.4) is 0 Å². The van der Waals surface area contributed by atoms with Gasteiger partial charge < -0.3 is 4.74 Å². The van der Waals surface area contributed by atoms with Crippen molar-refractivity contribution in [3.63, 3.8) is 0 Å². The van der Waals surface area contributed by atoms with Gasteiger partial charge in [-0.05, 0) is 0 Å². The van der Waals surface area contributed by atoms with Crippen LogP contribution in [0.2, 0.25) is 0 Å². The van der Waals surface area contributed by atoms with Crippen molar-refractivity contribution in [1.82, 2.24) is 4.98 Å². The fraction of sp³-hybridized carbons (Fsp3) is 0.286. The van der Waals surface area contributed by atoms with E-state index >= 15 is 0 Å². The van der Waals surface area contributed by atoms with Gasteiger partial charge in [0.05, 0.1) is 10.5 Å². The number of aromatic nitrogens is 1. The van der Waals surface area contributed by atoms with E-state index in [2.05, 4.69) is 9.72 Å². The summed E-state index contributed by atoms with van der Waals surface area (Å²) in [5.74, 6) is -1.85. The third kappa shape index (κ3) is 4.35. The van der Waals surface area contributed by atoms with Gasteiger partial charge in [-0.1, -0.05) is 0 Å². The van der Waals surface area contributed by atoms with Crippen LogP contribution in [0.5, 0.6) is 5.88 Å². The molecule has 118 valence electrons. The summed E-state index contributed by atoms with van der Waals surface area (Å²) in [4.78, 5) is 11.7. The lowest BCUT2D eigenvalue weighted by molar-refractivity contribution is -0.388. The second-order valence-corrected chi connectivity index (χ2v) is 5.73. The molecule has 0 N–H and O–H groups in total. The van der Waals surface area contributed by atoms with Gasteiger partial charge in [-0.25, -0.2) is 17.2 Å². The van der Waals surface area contributed by atoms with Crippen molar-refractivity contribution >= 4 is 25.4 Å². The summed E-state index contributed by atoms with van der Waals surface area (Å²) in [6, 6.07) is -0.103. The third-order valence-electron chi connectivity index (χ3n) is 1.84. The van der Waals surface area contributed by atoms with Crippen LogP contribution in [-0.4, -0.2) is 24.7 Å². The van der Waals surface area contributed by atoms with Crippen molar-refractivity contribution in [1.29, 1.82) is 0 Å². The van der Waals surface area contributed by atoms with Crippen molar-refractivity contribution in [2.24, 2.45) is 0 Å². The molecule has 0 aliphatic rings. The van der Waals surface area contributed by atoms with Crippen LogP contribution in [-0.2, 0) is 9.05 Å². The molecule has 0 spiro atoms. The summed E-state index contributed by atoms with van der Waals surface area (Å²) >= 11 is 0. The van der Waals surface area contributed by atoms with Crippen LogP contribution < -0.4 is 4.74 Å². The van der Waals surface area contributed by atoms with Gasteiger partial charge in [0.25, 0.3) is 20.5 Å². The Morgan fingerprint density at radius 2 is 1.90 bits per heavy atom. The van der Waals surface area contributed by atoms with Gasteiger partial charge in [-0.2, -0.15) is 4.98 Å². The van der Waals surface area contributed by atoms with Crippen LogP contribution in [0, 0.1) is 10.1 Å². The minimum atomic E-state index is -5.47. The van der Waals surface area contributed by atoms with Gasteiger partial charge >= 0.3 is 12.0 Å². The molecule has 1 heterocycles. The average molecular weight is 357 g/mol. The van der Waals surface area contributed by atoms with E-state index in [4.69, 9.17) is 10.7 Å². The first-order chi connectivity index (χ1) is 9.33. The Balaban J connectivity index is 3.68. The monoisotopic (exact) mass is 356 g/mol. The highest BCUT2D eigenvalue weighted by Gasteiger charge is 2.38. The lowest BCUT2D eigenvalue weighted by atomic mass is 10.2. The second kappa shape index (κ2) is 5.55. The van der Waals surface area contributed by atoms with E-state index < -0.39 is 48.9 Å². The number of alkyl halides is 5. The van der Waals surface area contributed by atoms with Gasteiger partial charge in [0, 0.05) is 16.7 Å². The van der Waals surface area contributed by atoms with Crippen molar-refractivity contribution in [2.45, 2.75) is 17.8 Å². The van der Waals surface area contributed by atoms with Crippen LogP contribution in [0.25, 0.3) is 0 Å². The third-order valence-corrected chi connectivity index (χ3v) is 3.04. The number of hydrogen-bond acceptors (Lipinski definition) is 6. The zero-order chi connectivity index (χ0) is 16.6. The molecule has 0 saturated heterocycles. The Kier molecular flexibility index (Phi) is 4.57. The largest absolute Gasteiger partial charge is 0.574 e. The summed E-state index contributed by atoms with van der Waals surface area (Å²) in [7, 11) is -0.208. The molecule has 21 heavy (non-hydrogen) atoms. The number of hydrogen-bond donors (Lipinski definition) is 0. The fourth-order valence-corrected chi connectivity index (χ4v) is 2.06. The van der Waals surface area contributed by atoms with E-state index in [0.717, 1.165) is 0 Å². The molecule has 1 aromatic rings. The van der Waals surface area contributed by atoms with E-state index in [1.54, 1.807) is 0 Å². The fourth-order valence-electron chi connectivity index (χ4n) is 1.14. The quantitative estimate of drug-likeness (QED) is 0.356. The maximum atomic E-state index is 12.6. The Morgan fingerprint density at radius 1 is 1.38 bits per heavy atom. The Labute approximate surface area is 116 Å². The molecule has 0 radical (unpaired) electrons. The summed E-state index contributed by atoms with van der Waals surface area (Å²) in [6.07, 6.45) is -9.11. The molecule has 1 rings (SSSR count). The topological polar surface area (TPSA) is 99.4 Å². The Morgan fingerprint density at radius 3 is 2.24 bits per heavy atom. The highest BCUT2D eigenvalue weighted by molar-refractivity contribution is 8.13. The molecular formula is C7H2ClF5N2O5S. The number of halogens is 6. The van der Waals surface area contributed by atoms with Gasteiger partial charge in [0.2, 0.25) is 5.88 Å². The zero-order valence-electron chi connectivity index (χ0n) is 9.27. The molecule has 0 atom stereocenters. The van der Waals surface area contributed by atoms with E-state index in [-0.39, 0.29) is 6.07 Å². The van der Waals surface area contributed by atoms with Crippen LogP contribution in [0.4, 0.5) is 27.6 Å². The zero-order valence-corrected chi connectivity index (χ0v) is 10.8. The minimum Gasteiger partial charge on any atom is -0.387 e. The van der Waals surface area contributed by atoms with E-state index in [0.29, 0.717) is 0 Å². The van der Waals surface area contributed by atoms with E-state index in [1.165, 1.54) is 0 Å². The molecule has 0 saturated carbocycles. The van der Waals surface area contributed by atoms with Gasteiger partial charge in [0.15, 0.2) is 0 Å².